The van der Waals surface area contributed by atoms with Crippen molar-refractivity contribution in [2.45, 2.75) is 26.3 Å². The van der Waals surface area contributed by atoms with Crippen LogP contribution in [0.4, 0.5) is 5.69 Å². The number of terminal acetylenes is 1. The van der Waals surface area contributed by atoms with Gasteiger partial charge < -0.3 is 19.5 Å². The Kier molecular flexibility index (Phi) is 9.08. The minimum absolute atomic E-state index is 0.0172. The number of aryl methyl sites for hydroxylation is 1. The van der Waals surface area contributed by atoms with Gasteiger partial charge in [0.25, 0.3) is 0 Å². The van der Waals surface area contributed by atoms with Crippen molar-refractivity contribution in [3.63, 3.8) is 0 Å². The third-order valence-corrected chi connectivity index (χ3v) is 4.73. The molecular formula is C26H26N2O5. The number of hydrogen-bond donors (Lipinski definition) is 1. The van der Waals surface area contributed by atoms with Crippen molar-refractivity contribution in [2.24, 2.45) is 0 Å². The number of benzene rings is 2. The maximum Gasteiger partial charge on any atom is 0.333 e. The number of carbonyl (C=O) groups is 2. The number of ether oxygens (including phenoxy) is 3. The van der Waals surface area contributed by atoms with E-state index in [4.69, 9.17) is 25.9 Å². The molecule has 0 fully saturated rings. The van der Waals surface area contributed by atoms with Gasteiger partial charge in [-0.3, -0.25) is 0 Å². The van der Waals surface area contributed by atoms with Crippen molar-refractivity contribution < 1.29 is 23.8 Å². The highest BCUT2D eigenvalue weighted by molar-refractivity contribution is 5.87. The molecule has 7 heteroatoms. The van der Waals surface area contributed by atoms with E-state index in [-0.39, 0.29) is 18.8 Å². The van der Waals surface area contributed by atoms with E-state index in [1.807, 2.05) is 19.1 Å². The molecule has 2 aromatic rings. The summed E-state index contributed by atoms with van der Waals surface area (Å²) in [5, 5.41) is 12.2. The summed E-state index contributed by atoms with van der Waals surface area (Å²) >= 11 is 0. The second-order valence-corrected chi connectivity index (χ2v) is 7.11. The second-order valence-electron chi connectivity index (χ2n) is 7.11. The molecule has 7 nitrogen and oxygen atoms in total. The summed E-state index contributed by atoms with van der Waals surface area (Å²) in [5.74, 6) is 1.86. The maximum atomic E-state index is 12.8. The Morgan fingerprint density at radius 1 is 1.21 bits per heavy atom. The molecule has 0 aromatic heterocycles. The number of carbonyl (C=O) groups excluding carboxylic acids is 2. The topological polar surface area (TPSA) is 97.7 Å². The summed E-state index contributed by atoms with van der Waals surface area (Å²) in [6.45, 7) is 7.07. The van der Waals surface area contributed by atoms with Crippen molar-refractivity contribution in [1.82, 2.24) is 0 Å². The SMILES string of the molecule is C#Cc1cc(CC)cc(C(Nc2ccc(C#N)cc2)C(=O)OC)c1OCCOC(=O)C(=C)C. The maximum absolute atomic E-state index is 12.8. The van der Waals surface area contributed by atoms with E-state index in [1.165, 1.54) is 7.11 Å². The Balaban J connectivity index is 2.43. The van der Waals surface area contributed by atoms with Crippen LogP contribution in [0.2, 0.25) is 0 Å². The van der Waals surface area contributed by atoms with Crippen molar-refractivity contribution in [2.75, 3.05) is 25.6 Å². The monoisotopic (exact) mass is 446 g/mol. The highest BCUT2D eigenvalue weighted by atomic mass is 16.6. The van der Waals surface area contributed by atoms with E-state index in [2.05, 4.69) is 23.9 Å². The first-order chi connectivity index (χ1) is 15.8. The Labute approximate surface area is 194 Å². The van der Waals surface area contributed by atoms with Crippen molar-refractivity contribution in [3.8, 4) is 24.2 Å². The van der Waals surface area contributed by atoms with Crippen LogP contribution >= 0.6 is 0 Å². The first kappa shape index (κ1) is 25.0. The van der Waals surface area contributed by atoms with Crippen LogP contribution in [0.25, 0.3) is 0 Å². The number of hydrogen-bond acceptors (Lipinski definition) is 7. The average Bonchev–Trinajstić information content (AvgIpc) is 2.84. The van der Waals surface area contributed by atoms with Gasteiger partial charge in [0, 0.05) is 16.8 Å². The van der Waals surface area contributed by atoms with Crippen LogP contribution in [-0.2, 0) is 25.5 Å². The van der Waals surface area contributed by atoms with Gasteiger partial charge in [0.2, 0.25) is 0 Å². The van der Waals surface area contributed by atoms with Crippen LogP contribution < -0.4 is 10.1 Å². The fourth-order valence-electron chi connectivity index (χ4n) is 2.99. The quantitative estimate of drug-likeness (QED) is 0.256. The van der Waals surface area contributed by atoms with E-state index >= 15 is 0 Å². The molecule has 33 heavy (non-hydrogen) atoms. The van der Waals surface area contributed by atoms with Crippen molar-refractivity contribution in [3.05, 3.63) is 70.8 Å². The van der Waals surface area contributed by atoms with E-state index in [0.29, 0.717) is 34.5 Å². The molecular weight excluding hydrogens is 420 g/mol. The Morgan fingerprint density at radius 2 is 1.91 bits per heavy atom. The smallest absolute Gasteiger partial charge is 0.333 e. The molecule has 0 aliphatic rings. The minimum Gasteiger partial charge on any atom is -0.488 e. The number of nitriles is 1. The largest absolute Gasteiger partial charge is 0.488 e. The highest BCUT2D eigenvalue weighted by Crippen LogP contribution is 2.34. The van der Waals surface area contributed by atoms with Crippen LogP contribution in [0.3, 0.4) is 0 Å². The molecule has 0 saturated carbocycles. The summed E-state index contributed by atoms with van der Waals surface area (Å²) in [5.41, 5.74) is 3.25. The summed E-state index contributed by atoms with van der Waals surface area (Å²) in [6.07, 6.45) is 6.42. The lowest BCUT2D eigenvalue weighted by Crippen LogP contribution is -2.24. The molecule has 0 bridgehead atoms. The van der Waals surface area contributed by atoms with Gasteiger partial charge in [-0.2, -0.15) is 5.26 Å². The Hall–Kier alpha value is -4.23. The van der Waals surface area contributed by atoms with Gasteiger partial charge in [-0.1, -0.05) is 19.4 Å². The fourth-order valence-corrected chi connectivity index (χ4v) is 2.99. The predicted octanol–water partition coefficient (Wildman–Crippen LogP) is 3.93. The summed E-state index contributed by atoms with van der Waals surface area (Å²) in [7, 11) is 1.29. The van der Waals surface area contributed by atoms with Crippen molar-refractivity contribution in [1.29, 1.82) is 5.26 Å². The molecule has 0 aliphatic heterocycles. The van der Waals surface area contributed by atoms with Gasteiger partial charge in [0.1, 0.15) is 19.0 Å². The molecule has 170 valence electrons. The zero-order valence-corrected chi connectivity index (χ0v) is 18.9. The van der Waals surface area contributed by atoms with Gasteiger partial charge in [-0.05, 0) is 55.3 Å². The highest BCUT2D eigenvalue weighted by Gasteiger charge is 2.27. The first-order valence-corrected chi connectivity index (χ1v) is 10.3. The molecule has 0 radical (unpaired) electrons. The number of esters is 2. The normalized spacial score (nSPS) is 10.8. The van der Waals surface area contributed by atoms with Crippen LogP contribution in [0.5, 0.6) is 5.75 Å². The first-order valence-electron chi connectivity index (χ1n) is 10.3. The van der Waals surface area contributed by atoms with Gasteiger partial charge in [0.15, 0.2) is 6.04 Å². The molecule has 1 atom stereocenters. The third kappa shape index (κ3) is 6.62. The Morgan fingerprint density at radius 3 is 2.45 bits per heavy atom. The zero-order valence-electron chi connectivity index (χ0n) is 18.9. The van der Waals surface area contributed by atoms with E-state index in [0.717, 1.165) is 5.56 Å². The third-order valence-electron chi connectivity index (χ3n) is 4.73. The summed E-state index contributed by atoms with van der Waals surface area (Å²) in [6, 6.07) is 11.4. The van der Waals surface area contributed by atoms with Crippen molar-refractivity contribution >= 4 is 17.6 Å². The molecule has 0 saturated heterocycles. The molecule has 1 N–H and O–H groups in total. The van der Waals surface area contributed by atoms with E-state index < -0.39 is 18.0 Å². The number of methoxy groups -OCH3 is 1. The fraction of sp³-hybridized carbons (Fsp3) is 0.269. The lowest BCUT2D eigenvalue weighted by Gasteiger charge is -2.23. The number of nitrogens with one attached hydrogen (secondary N) is 1. The number of rotatable bonds is 10. The molecule has 2 rings (SSSR count). The average molecular weight is 447 g/mol. The molecule has 0 amide bonds. The van der Waals surface area contributed by atoms with E-state index in [9.17, 15) is 9.59 Å². The minimum atomic E-state index is -0.936. The predicted molar refractivity (Wildman–Crippen MR) is 125 cm³/mol. The lowest BCUT2D eigenvalue weighted by atomic mass is 9.97. The molecule has 0 spiro atoms. The van der Waals surface area contributed by atoms with Crippen LogP contribution in [-0.4, -0.2) is 32.3 Å². The summed E-state index contributed by atoms with van der Waals surface area (Å²) < 4.78 is 16.0. The molecule has 1 unspecified atom stereocenters. The van der Waals surface area contributed by atoms with Crippen LogP contribution in [0.15, 0.2) is 48.6 Å². The number of anilines is 1. The Bertz CT molecular complexity index is 1110. The van der Waals surface area contributed by atoms with E-state index in [1.54, 1.807) is 31.2 Å². The zero-order chi connectivity index (χ0) is 24.4. The van der Waals surface area contributed by atoms with Gasteiger partial charge in [-0.25, -0.2) is 9.59 Å². The molecule has 2 aromatic carbocycles. The molecule has 0 heterocycles. The lowest BCUT2D eigenvalue weighted by molar-refractivity contribution is -0.141. The van der Waals surface area contributed by atoms with Crippen LogP contribution in [0, 0.1) is 23.7 Å². The van der Waals surface area contributed by atoms with Gasteiger partial charge in [0.05, 0.1) is 24.3 Å². The number of nitrogens with zero attached hydrogens (tertiary/aromatic N) is 1. The van der Waals surface area contributed by atoms with Gasteiger partial charge >= 0.3 is 11.9 Å². The second kappa shape index (κ2) is 12.0. The molecule has 0 aliphatic carbocycles. The summed E-state index contributed by atoms with van der Waals surface area (Å²) in [4.78, 5) is 24.4. The van der Waals surface area contributed by atoms with Gasteiger partial charge in [-0.15, -0.1) is 6.42 Å². The standard InChI is InChI=1S/C26H26N2O5/c1-6-18-14-20(7-2)24(32-12-13-33-25(29)17(3)4)22(15-18)23(26(30)31-5)28-21-10-8-19(16-27)9-11-21/h2,8-11,14-15,23,28H,3,6,12-13H2,1,4-5H3. The van der Waals surface area contributed by atoms with Crippen LogP contribution in [0.1, 0.15) is 42.1 Å².